The molecule has 1 amide bonds. The Morgan fingerprint density at radius 3 is 2.67 bits per heavy atom. The molecule has 0 saturated carbocycles. The first-order valence-electron chi connectivity index (χ1n) is 9.15. The highest BCUT2D eigenvalue weighted by atomic mass is 32.2. The van der Waals surface area contributed by atoms with E-state index in [1.165, 1.54) is 23.0 Å². The van der Waals surface area contributed by atoms with Crippen molar-refractivity contribution in [2.75, 3.05) is 22.5 Å². The summed E-state index contributed by atoms with van der Waals surface area (Å²) >= 11 is 3.19. The number of carbonyl (C=O) groups is 1. The van der Waals surface area contributed by atoms with Crippen molar-refractivity contribution >= 4 is 50.9 Å². The van der Waals surface area contributed by atoms with Gasteiger partial charge in [-0.25, -0.2) is 4.99 Å². The quantitative estimate of drug-likeness (QED) is 0.694. The molecule has 0 unspecified atom stereocenters. The lowest BCUT2D eigenvalue weighted by molar-refractivity contribution is -0.113. The molecule has 4 nitrogen and oxygen atoms in total. The van der Waals surface area contributed by atoms with Gasteiger partial charge in [-0.05, 0) is 56.7 Å². The molecule has 0 atom stereocenters. The fourth-order valence-corrected chi connectivity index (χ4v) is 4.85. The van der Waals surface area contributed by atoms with Crippen molar-refractivity contribution in [2.24, 2.45) is 4.99 Å². The van der Waals surface area contributed by atoms with E-state index in [-0.39, 0.29) is 5.91 Å². The first-order chi connectivity index (χ1) is 13.1. The number of amides is 1. The van der Waals surface area contributed by atoms with E-state index in [1.54, 1.807) is 11.8 Å². The third-order valence-electron chi connectivity index (χ3n) is 4.33. The molecule has 2 aromatic rings. The summed E-state index contributed by atoms with van der Waals surface area (Å²) in [6, 6.07) is 16.6. The number of hydrogen-bond donors (Lipinski definition) is 1. The Balaban J connectivity index is 1.53. The van der Waals surface area contributed by atoms with Gasteiger partial charge >= 0.3 is 0 Å². The second-order valence-electron chi connectivity index (χ2n) is 6.56. The van der Waals surface area contributed by atoms with Crippen LogP contribution in [0.5, 0.6) is 0 Å². The van der Waals surface area contributed by atoms with E-state index in [0.717, 1.165) is 28.0 Å². The van der Waals surface area contributed by atoms with Crippen LogP contribution in [0.15, 0.2) is 53.5 Å². The summed E-state index contributed by atoms with van der Waals surface area (Å²) in [6.45, 7) is 7.47. The lowest BCUT2D eigenvalue weighted by Crippen LogP contribution is -2.30. The van der Waals surface area contributed by atoms with Crippen LogP contribution in [0, 0.1) is 0 Å². The molecule has 1 aliphatic heterocycles. The molecule has 0 aliphatic carbocycles. The Morgan fingerprint density at radius 1 is 1.22 bits per heavy atom. The second-order valence-corrected chi connectivity index (χ2v) is 8.75. The summed E-state index contributed by atoms with van der Waals surface area (Å²) in [5.74, 6) is 1.27. The number of thioether (sulfide) groups is 2. The molecular formula is C21H25N3OS2. The van der Waals surface area contributed by atoms with Gasteiger partial charge in [0.2, 0.25) is 5.91 Å². The molecule has 1 heterocycles. The Morgan fingerprint density at radius 2 is 1.96 bits per heavy atom. The zero-order chi connectivity index (χ0) is 19.2. The molecule has 27 heavy (non-hydrogen) atoms. The summed E-state index contributed by atoms with van der Waals surface area (Å²) in [6.07, 6.45) is 0. The third kappa shape index (κ3) is 5.30. The van der Waals surface area contributed by atoms with Crippen LogP contribution in [0.3, 0.4) is 0 Å². The zero-order valence-corrected chi connectivity index (χ0v) is 17.6. The van der Waals surface area contributed by atoms with Crippen molar-refractivity contribution in [3.63, 3.8) is 0 Å². The van der Waals surface area contributed by atoms with Gasteiger partial charge in [0.1, 0.15) is 4.38 Å². The molecule has 0 saturated heterocycles. The van der Waals surface area contributed by atoms with Crippen LogP contribution in [0.1, 0.15) is 26.3 Å². The maximum atomic E-state index is 12.3. The number of hydrogen-bond acceptors (Lipinski definition) is 5. The van der Waals surface area contributed by atoms with E-state index in [1.807, 2.05) is 30.3 Å². The number of aliphatic imine (C=N–C) groups is 1. The maximum Gasteiger partial charge on any atom is 0.234 e. The van der Waals surface area contributed by atoms with E-state index in [4.69, 9.17) is 0 Å². The average Bonchev–Trinajstić information content (AvgIpc) is 2.68. The molecule has 6 heteroatoms. The van der Waals surface area contributed by atoms with Crippen molar-refractivity contribution < 1.29 is 4.79 Å². The summed E-state index contributed by atoms with van der Waals surface area (Å²) in [4.78, 5) is 19.2. The van der Waals surface area contributed by atoms with Crippen LogP contribution in [-0.2, 0) is 10.5 Å². The Bertz CT molecular complexity index is 818. The predicted molar refractivity (Wildman–Crippen MR) is 121 cm³/mol. The highest BCUT2D eigenvalue weighted by molar-refractivity contribution is 8.38. The maximum absolute atomic E-state index is 12.3. The first-order valence-corrected chi connectivity index (χ1v) is 11.1. The summed E-state index contributed by atoms with van der Waals surface area (Å²) in [7, 11) is 0. The summed E-state index contributed by atoms with van der Waals surface area (Å²) < 4.78 is 0.953. The monoisotopic (exact) mass is 399 g/mol. The van der Waals surface area contributed by atoms with Gasteiger partial charge in [0.05, 0.1) is 11.4 Å². The van der Waals surface area contributed by atoms with Gasteiger partial charge in [0.25, 0.3) is 0 Å². The van der Waals surface area contributed by atoms with E-state index >= 15 is 0 Å². The van der Waals surface area contributed by atoms with Gasteiger partial charge in [0, 0.05) is 29.7 Å². The predicted octanol–water partition coefficient (Wildman–Crippen LogP) is 5.53. The SMILES string of the molecule is CCN(c1ccc(NC(=O)CSC2=Nc3ccccc3CS2)cc1)C(C)C. The van der Waals surface area contributed by atoms with E-state index < -0.39 is 0 Å². The second kappa shape index (κ2) is 9.33. The third-order valence-corrected chi connectivity index (χ3v) is 6.57. The fourth-order valence-electron chi connectivity index (χ4n) is 2.99. The van der Waals surface area contributed by atoms with E-state index in [2.05, 4.69) is 54.2 Å². The van der Waals surface area contributed by atoms with Crippen LogP contribution in [0.25, 0.3) is 0 Å². The topological polar surface area (TPSA) is 44.7 Å². The largest absolute Gasteiger partial charge is 0.369 e. The van der Waals surface area contributed by atoms with Crippen molar-refractivity contribution in [1.82, 2.24) is 0 Å². The van der Waals surface area contributed by atoms with Crippen LogP contribution in [-0.4, -0.2) is 28.6 Å². The van der Waals surface area contributed by atoms with Crippen molar-refractivity contribution in [3.05, 3.63) is 54.1 Å². The fraction of sp³-hybridized carbons (Fsp3) is 0.333. The van der Waals surface area contributed by atoms with Crippen LogP contribution < -0.4 is 10.2 Å². The molecule has 142 valence electrons. The van der Waals surface area contributed by atoms with Crippen molar-refractivity contribution in [1.29, 1.82) is 0 Å². The standard InChI is InChI=1S/C21H25N3OS2/c1-4-24(15(2)3)18-11-9-17(10-12-18)22-20(25)14-27-21-23-19-8-6-5-7-16(19)13-26-21/h5-12,15H,4,13-14H2,1-3H3,(H,22,25). The van der Waals surface area contributed by atoms with Crippen molar-refractivity contribution in [2.45, 2.75) is 32.6 Å². The van der Waals surface area contributed by atoms with E-state index in [9.17, 15) is 4.79 Å². The molecular weight excluding hydrogens is 374 g/mol. The molecule has 0 spiro atoms. The highest BCUT2D eigenvalue weighted by Gasteiger charge is 2.14. The first kappa shape index (κ1) is 19.8. The summed E-state index contributed by atoms with van der Waals surface area (Å²) in [5, 5.41) is 2.97. The molecule has 0 fully saturated rings. The normalized spacial score (nSPS) is 13.1. The Hall–Kier alpha value is -1.92. The number of nitrogens with one attached hydrogen (secondary N) is 1. The molecule has 2 aromatic carbocycles. The average molecular weight is 400 g/mol. The molecule has 0 radical (unpaired) electrons. The Kier molecular flexibility index (Phi) is 6.85. The number of nitrogens with zero attached hydrogens (tertiary/aromatic N) is 2. The van der Waals surface area contributed by atoms with Gasteiger partial charge in [-0.1, -0.05) is 41.7 Å². The smallest absolute Gasteiger partial charge is 0.234 e. The lowest BCUT2D eigenvalue weighted by Gasteiger charge is -2.27. The minimum absolute atomic E-state index is 0.00823. The van der Waals surface area contributed by atoms with Crippen LogP contribution in [0.2, 0.25) is 0 Å². The zero-order valence-electron chi connectivity index (χ0n) is 15.9. The number of benzene rings is 2. The van der Waals surface area contributed by atoms with Crippen molar-refractivity contribution in [3.8, 4) is 0 Å². The molecule has 3 rings (SSSR count). The van der Waals surface area contributed by atoms with Gasteiger partial charge in [-0.2, -0.15) is 0 Å². The van der Waals surface area contributed by atoms with Gasteiger partial charge < -0.3 is 10.2 Å². The van der Waals surface area contributed by atoms with Gasteiger partial charge in [-0.3, -0.25) is 4.79 Å². The molecule has 0 bridgehead atoms. The van der Waals surface area contributed by atoms with E-state index in [0.29, 0.717) is 11.8 Å². The minimum Gasteiger partial charge on any atom is -0.369 e. The van der Waals surface area contributed by atoms with Gasteiger partial charge in [0.15, 0.2) is 0 Å². The number of para-hydroxylation sites is 1. The molecule has 0 aromatic heterocycles. The summed E-state index contributed by atoms with van der Waals surface area (Å²) in [5.41, 5.74) is 4.26. The number of fused-ring (bicyclic) bond motifs is 1. The lowest BCUT2D eigenvalue weighted by atomic mass is 10.2. The molecule has 1 aliphatic rings. The number of carbonyl (C=O) groups excluding carboxylic acids is 1. The molecule has 1 N–H and O–H groups in total. The Labute approximate surface area is 169 Å². The van der Waals surface area contributed by atoms with Crippen LogP contribution >= 0.6 is 23.5 Å². The number of rotatable bonds is 6. The van der Waals surface area contributed by atoms with Gasteiger partial charge in [-0.15, -0.1) is 0 Å². The highest BCUT2D eigenvalue weighted by Crippen LogP contribution is 2.34. The number of anilines is 2. The minimum atomic E-state index is -0.00823. The van der Waals surface area contributed by atoms with Crippen LogP contribution in [0.4, 0.5) is 17.1 Å².